The Labute approximate surface area is 158 Å². The van der Waals surface area contributed by atoms with Gasteiger partial charge in [0.1, 0.15) is 0 Å². The predicted octanol–water partition coefficient (Wildman–Crippen LogP) is 3.66. The van der Waals surface area contributed by atoms with Crippen LogP contribution in [-0.4, -0.2) is 24.3 Å². The molecule has 3 amide bonds. The van der Waals surface area contributed by atoms with Crippen LogP contribution < -0.4 is 15.5 Å². The number of anilines is 3. The lowest BCUT2D eigenvalue weighted by Gasteiger charge is -2.16. The van der Waals surface area contributed by atoms with Crippen molar-refractivity contribution in [3.63, 3.8) is 0 Å². The van der Waals surface area contributed by atoms with Gasteiger partial charge in [-0.2, -0.15) is 0 Å². The van der Waals surface area contributed by atoms with Crippen LogP contribution in [0.5, 0.6) is 0 Å². The number of carbonyl (C=O) groups excluding carboxylic acids is 3. The van der Waals surface area contributed by atoms with Crippen LogP contribution in [0.15, 0.2) is 48.5 Å². The molecule has 1 saturated heterocycles. The van der Waals surface area contributed by atoms with E-state index in [1.165, 1.54) is 0 Å². The highest BCUT2D eigenvalue weighted by Gasteiger charge is 2.22. The zero-order chi connectivity index (χ0) is 19.4. The smallest absolute Gasteiger partial charge is 0.255 e. The van der Waals surface area contributed by atoms with Crippen LogP contribution in [0, 0.1) is 5.92 Å². The summed E-state index contributed by atoms with van der Waals surface area (Å²) in [6.45, 7) is 4.34. The minimum atomic E-state index is -0.248. The molecule has 1 aliphatic rings. The molecule has 2 N–H and O–H groups in total. The first kappa shape index (κ1) is 18.6. The molecule has 0 radical (unpaired) electrons. The molecule has 3 rings (SSSR count). The Morgan fingerprint density at radius 2 is 1.67 bits per heavy atom. The lowest BCUT2D eigenvalue weighted by molar-refractivity contribution is -0.119. The summed E-state index contributed by atoms with van der Waals surface area (Å²) in [5.74, 6) is -0.312. The van der Waals surface area contributed by atoms with Gasteiger partial charge in [-0.3, -0.25) is 14.4 Å². The average molecular weight is 365 g/mol. The standard InChI is InChI=1S/C21H23N3O3/c1-14(2)20(26)22-16-8-10-17(11-9-16)23-21(27)15-5-3-6-18(13-15)24-12-4-7-19(24)25/h3,5-6,8-11,13-14H,4,7,12H2,1-2H3,(H,22,26)(H,23,27). The Bertz CT molecular complexity index is 859. The molecule has 2 aromatic carbocycles. The minimum absolute atomic E-state index is 0.0555. The van der Waals surface area contributed by atoms with Crippen molar-refractivity contribution in [2.75, 3.05) is 22.1 Å². The number of amides is 3. The van der Waals surface area contributed by atoms with Crippen LogP contribution in [0.4, 0.5) is 17.1 Å². The fourth-order valence-corrected chi connectivity index (χ4v) is 2.86. The first-order valence-electron chi connectivity index (χ1n) is 9.07. The number of hydrogen-bond donors (Lipinski definition) is 2. The van der Waals surface area contributed by atoms with Crippen LogP contribution in [-0.2, 0) is 9.59 Å². The number of nitrogens with one attached hydrogen (secondary N) is 2. The van der Waals surface area contributed by atoms with E-state index in [2.05, 4.69) is 10.6 Å². The topological polar surface area (TPSA) is 78.5 Å². The van der Waals surface area contributed by atoms with E-state index in [1.54, 1.807) is 47.4 Å². The first-order chi connectivity index (χ1) is 12.9. The first-order valence-corrected chi connectivity index (χ1v) is 9.07. The van der Waals surface area contributed by atoms with E-state index in [1.807, 2.05) is 19.9 Å². The van der Waals surface area contributed by atoms with E-state index in [-0.39, 0.29) is 23.6 Å². The van der Waals surface area contributed by atoms with Crippen molar-refractivity contribution in [1.29, 1.82) is 0 Å². The van der Waals surface area contributed by atoms with Crippen LogP contribution in [0.1, 0.15) is 37.0 Å². The zero-order valence-corrected chi connectivity index (χ0v) is 15.5. The highest BCUT2D eigenvalue weighted by atomic mass is 16.2. The quantitative estimate of drug-likeness (QED) is 0.849. The van der Waals surface area contributed by atoms with Gasteiger partial charge < -0.3 is 15.5 Å². The Morgan fingerprint density at radius 1 is 1.00 bits per heavy atom. The second-order valence-corrected chi connectivity index (χ2v) is 6.87. The van der Waals surface area contributed by atoms with Crippen LogP contribution in [0.25, 0.3) is 0 Å². The number of nitrogens with zero attached hydrogens (tertiary/aromatic N) is 1. The maximum absolute atomic E-state index is 12.5. The zero-order valence-electron chi connectivity index (χ0n) is 15.5. The summed E-state index contributed by atoms with van der Waals surface area (Å²) in [4.78, 5) is 37.8. The highest BCUT2D eigenvalue weighted by Crippen LogP contribution is 2.23. The van der Waals surface area contributed by atoms with Gasteiger partial charge in [-0.15, -0.1) is 0 Å². The molecule has 6 heteroatoms. The molecule has 0 unspecified atom stereocenters. The largest absolute Gasteiger partial charge is 0.326 e. The van der Waals surface area contributed by atoms with E-state index in [0.29, 0.717) is 29.9 Å². The third-order valence-electron chi connectivity index (χ3n) is 4.43. The number of carbonyl (C=O) groups is 3. The molecule has 1 aliphatic heterocycles. The number of rotatable bonds is 5. The molecule has 1 heterocycles. The van der Waals surface area contributed by atoms with E-state index >= 15 is 0 Å². The van der Waals surface area contributed by atoms with Crippen molar-refractivity contribution >= 4 is 34.8 Å². The SMILES string of the molecule is CC(C)C(=O)Nc1ccc(NC(=O)c2cccc(N3CCCC3=O)c2)cc1. The molecule has 1 fully saturated rings. The maximum Gasteiger partial charge on any atom is 0.255 e. The second-order valence-electron chi connectivity index (χ2n) is 6.87. The Morgan fingerprint density at radius 3 is 2.26 bits per heavy atom. The van der Waals surface area contributed by atoms with Crippen LogP contribution in [0.3, 0.4) is 0 Å². The molecule has 2 aromatic rings. The summed E-state index contributed by atoms with van der Waals surface area (Å²) in [7, 11) is 0. The molecule has 0 bridgehead atoms. The molecular formula is C21H23N3O3. The summed E-state index contributed by atoms with van der Waals surface area (Å²) in [6, 6.07) is 14.0. The normalized spacial score (nSPS) is 13.7. The molecular weight excluding hydrogens is 342 g/mol. The van der Waals surface area contributed by atoms with Crippen molar-refractivity contribution in [2.24, 2.45) is 5.92 Å². The number of hydrogen-bond acceptors (Lipinski definition) is 3. The van der Waals surface area contributed by atoms with Crippen molar-refractivity contribution in [2.45, 2.75) is 26.7 Å². The van der Waals surface area contributed by atoms with Gasteiger partial charge in [-0.05, 0) is 48.9 Å². The third kappa shape index (κ3) is 4.53. The second kappa shape index (κ2) is 8.03. The minimum Gasteiger partial charge on any atom is -0.326 e. The van der Waals surface area contributed by atoms with Gasteiger partial charge in [0, 0.05) is 41.5 Å². The van der Waals surface area contributed by atoms with Gasteiger partial charge in [0.15, 0.2) is 0 Å². The predicted molar refractivity (Wildman–Crippen MR) is 106 cm³/mol. The number of benzene rings is 2. The van der Waals surface area contributed by atoms with Gasteiger partial charge in [0.2, 0.25) is 11.8 Å². The van der Waals surface area contributed by atoms with Gasteiger partial charge in [0.05, 0.1) is 0 Å². The van der Waals surface area contributed by atoms with Crippen molar-refractivity contribution in [3.8, 4) is 0 Å². The van der Waals surface area contributed by atoms with E-state index in [4.69, 9.17) is 0 Å². The van der Waals surface area contributed by atoms with E-state index in [9.17, 15) is 14.4 Å². The summed E-state index contributed by atoms with van der Waals surface area (Å²) in [5, 5.41) is 5.64. The average Bonchev–Trinajstić information content (AvgIpc) is 3.09. The van der Waals surface area contributed by atoms with Gasteiger partial charge in [-0.1, -0.05) is 19.9 Å². The van der Waals surface area contributed by atoms with Crippen LogP contribution >= 0.6 is 0 Å². The Balaban J connectivity index is 1.67. The Hall–Kier alpha value is -3.15. The van der Waals surface area contributed by atoms with E-state index < -0.39 is 0 Å². The monoisotopic (exact) mass is 365 g/mol. The summed E-state index contributed by atoms with van der Waals surface area (Å²) in [5.41, 5.74) is 2.55. The fraction of sp³-hybridized carbons (Fsp3) is 0.286. The van der Waals surface area contributed by atoms with Crippen LogP contribution in [0.2, 0.25) is 0 Å². The van der Waals surface area contributed by atoms with Crippen molar-refractivity contribution in [3.05, 3.63) is 54.1 Å². The van der Waals surface area contributed by atoms with Gasteiger partial charge >= 0.3 is 0 Å². The van der Waals surface area contributed by atoms with Gasteiger partial charge in [-0.25, -0.2) is 0 Å². The molecule has 0 aliphatic carbocycles. The maximum atomic E-state index is 12.5. The Kier molecular flexibility index (Phi) is 5.54. The molecule has 140 valence electrons. The molecule has 27 heavy (non-hydrogen) atoms. The third-order valence-corrected chi connectivity index (χ3v) is 4.43. The lowest BCUT2D eigenvalue weighted by Crippen LogP contribution is -2.24. The lowest BCUT2D eigenvalue weighted by atomic mass is 10.1. The van der Waals surface area contributed by atoms with Crippen molar-refractivity contribution < 1.29 is 14.4 Å². The molecule has 0 atom stereocenters. The summed E-state index contributed by atoms with van der Waals surface area (Å²) < 4.78 is 0. The van der Waals surface area contributed by atoms with Gasteiger partial charge in [0.25, 0.3) is 5.91 Å². The molecule has 0 aromatic heterocycles. The summed E-state index contributed by atoms with van der Waals surface area (Å²) >= 11 is 0. The fourth-order valence-electron chi connectivity index (χ4n) is 2.86. The summed E-state index contributed by atoms with van der Waals surface area (Å²) in [6.07, 6.45) is 1.39. The van der Waals surface area contributed by atoms with E-state index in [0.717, 1.165) is 12.1 Å². The highest BCUT2D eigenvalue weighted by molar-refractivity contribution is 6.06. The molecule has 0 saturated carbocycles. The molecule has 6 nitrogen and oxygen atoms in total. The molecule has 0 spiro atoms. The van der Waals surface area contributed by atoms with Crippen molar-refractivity contribution in [1.82, 2.24) is 0 Å².